The summed E-state index contributed by atoms with van der Waals surface area (Å²) in [5, 5.41) is 6.43. The van der Waals surface area contributed by atoms with Crippen LogP contribution < -0.4 is 10.6 Å². The second-order valence-electron chi connectivity index (χ2n) is 4.65. The summed E-state index contributed by atoms with van der Waals surface area (Å²) in [5.41, 5.74) is 0. The molecular weight excluding hydrogens is 232 g/mol. The highest BCUT2D eigenvalue weighted by atomic mass is 32.2. The van der Waals surface area contributed by atoms with E-state index in [-0.39, 0.29) is 18.0 Å². The Bertz CT molecular complexity index is 212. The van der Waals surface area contributed by atoms with E-state index in [9.17, 15) is 4.79 Å². The fraction of sp³-hybridized carbons (Fsp3) is 0.923. The van der Waals surface area contributed by atoms with Crippen molar-refractivity contribution in [1.29, 1.82) is 0 Å². The van der Waals surface area contributed by atoms with Gasteiger partial charge in [0, 0.05) is 17.8 Å². The van der Waals surface area contributed by atoms with Gasteiger partial charge in [-0.15, -0.1) is 0 Å². The lowest BCUT2D eigenvalue weighted by atomic mass is 10.1. The molecule has 0 radical (unpaired) electrons. The minimum absolute atomic E-state index is 0.105. The molecule has 3 nitrogen and oxygen atoms in total. The molecule has 0 spiro atoms. The average Bonchev–Trinajstić information content (AvgIpc) is 2.28. The minimum atomic E-state index is -0.105. The van der Waals surface area contributed by atoms with Crippen LogP contribution in [0.15, 0.2) is 0 Å². The zero-order valence-electron chi connectivity index (χ0n) is 11.9. The molecule has 1 amide bonds. The molecule has 0 fully saturated rings. The third-order valence-corrected chi connectivity index (χ3v) is 3.59. The number of rotatable bonds is 9. The Hall–Kier alpha value is -0.220. The molecule has 4 heteroatoms. The van der Waals surface area contributed by atoms with Gasteiger partial charge < -0.3 is 10.6 Å². The first kappa shape index (κ1) is 16.8. The topological polar surface area (TPSA) is 41.1 Å². The van der Waals surface area contributed by atoms with Crippen molar-refractivity contribution in [2.45, 2.75) is 65.1 Å². The van der Waals surface area contributed by atoms with E-state index in [2.05, 4.69) is 37.7 Å². The summed E-state index contributed by atoms with van der Waals surface area (Å²) < 4.78 is 0. The maximum absolute atomic E-state index is 11.9. The summed E-state index contributed by atoms with van der Waals surface area (Å²) in [5.74, 6) is 1.17. The molecule has 0 aliphatic carbocycles. The van der Waals surface area contributed by atoms with Crippen molar-refractivity contribution in [3.05, 3.63) is 0 Å². The van der Waals surface area contributed by atoms with Crippen LogP contribution in [-0.4, -0.2) is 36.0 Å². The van der Waals surface area contributed by atoms with Gasteiger partial charge in [0.1, 0.15) is 0 Å². The van der Waals surface area contributed by atoms with E-state index in [4.69, 9.17) is 0 Å². The molecule has 0 aromatic heterocycles. The summed E-state index contributed by atoms with van der Waals surface area (Å²) in [7, 11) is 0. The lowest BCUT2D eigenvalue weighted by molar-refractivity contribution is -0.123. The monoisotopic (exact) mass is 260 g/mol. The van der Waals surface area contributed by atoms with Crippen LogP contribution >= 0.6 is 11.8 Å². The van der Waals surface area contributed by atoms with Gasteiger partial charge in [-0.1, -0.05) is 20.3 Å². The van der Waals surface area contributed by atoms with Gasteiger partial charge in [-0.05, 0) is 32.9 Å². The van der Waals surface area contributed by atoms with E-state index in [0.717, 1.165) is 25.0 Å². The van der Waals surface area contributed by atoms with Crippen molar-refractivity contribution in [1.82, 2.24) is 10.6 Å². The summed E-state index contributed by atoms with van der Waals surface area (Å²) in [6, 6.07) is 0.594. The normalized spacial score (nSPS) is 16.3. The predicted molar refractivity (Wildman–Crippen MR) is 77.6 cm³/mol. The standard InChI is InChI=1S/C13H28N2OS/c1-6-8-10(3)14-13(16)11(4)15-12(7-2)9-17-5/h10-12,15H,6-9H2,1-5H3,(H,14,16). The molecule has 0 rings (SSSR count). The molecule has 0 saturated heterocycles. The summed E-state index contributed by atoms with van der Waals surface area (Å²) in [6.07, 6.45) is 5.30. The van der Waals surface area contributed by atoms with E-state index in [1.165, 1.54) is 0 Å². The highest BCUT2D eigenvalue weighted by Crippen LogP contribution is 2.03. The summed E-state index contributed by atoms with van der Waals surface area (Å²) >= 11 is 1.82. The molecule has 3 atom stereocenters. The molecule has 0 bridgehead atoms. The third kappa shape index (κ3) is 7.66. The van der Waals surface area contributed by atoms with Gasteiger partial charge >= 0.3 is 0 Å². The number of carbonyl (C=O) groups is 1. The van der Waals surface area contributed by atoms with E-state index in [0.29, 0.717) is 6.04 Å². The lowest BCUT2D eigenvalue weighted by Crippen LogP contribution is -2.49. The predicted octanol–water partition coefficient (Wildman–Crippen LogP) is 2.41. The lowest BCUT2D eigenvalue weighted by Gasteiger charge is -2.22. The molecule has 0 saturated carbocycles. The van der Waals surface area contributed by atoms with Crippen molar-refractivity contribution >= 4 is 17.7 Å². The molecule has 3 unspecified atom stereocenters. The van der Waals surface area contributed by atoms with Crippen molar-refractivity contribution < 1.29 is 4.79 Å². The molecule has 0 heterocycles. The van der Waals surface area contributed by atoms with Crippen molar-refractivity contribution in [3.8, 4) is 0 Å². The van der Waals surface area contributed by atoms with Gasteiger partial charge in [-0.25, -0.2) is 0 Å². The van der Waals surface area contributed by atoms with Crippen LogP contribution in [0, 0.1) is 0 Å². The molecule has 17 heavy (non-hydrogen) atoms. The smallest absolute Gasteiger partial charge is 0.237 e. The fourth-order valence-corrected chi connectivity index (χ4v) is 2.52. The number of carbonyl (C=O) groups excluding carboxylic acids is 1. The Labute approximate surface area is 111 Å². The molecule has 0 aromatic carbocycles. The van der Waals surface area contributed by atoms with Crippen molar-refractivity contribution in [2.24, 2.45) is 0 Å². The molecule has 102 valence electrons. The van der Waals surface area contributed by atoms with E-state index < -0.39 is 0 Å². The first-order chi connectivity index (χ1) is 8.04. The second kappa shape index (κ2) is 9.77. The molecule has 0 aliphatic rings. The highest BCUT2D eigenvalue weighted by molar-refractivity contribution is 7.98. The number of thioether (sulfide) groups is 1. The summed E-state index contributed by atoms with van der Waals surface area (Å²) in [4.78, 5) is 11.9. The minimum Gasteiger partial charge on any atom is -0.352 e. The van der Waals surface area contributed by atoms with Gasteiger partial charge in [0.05, 0.1) is 6.04 Å². The zero-order valence-corrected chi connectivity index (χ0v) is 12.7. The first-order valence-corrected chi connectivity index (χ1v) is 7.99. The Kier molecular flexibility index (Phi) is 9.65. The number of nitrogens with one attached hydrogen (secondary N) is 2. The molecule has 2 N–H and O–H groups in total. The largest absolute Gasteiger partial charge is 0.352 e. The Morgan fingerprint density at radius 3 is 2.41 bits per heavy atom. The molecule has 0 aliphatic heterocycles. The van der Waals surface area contributed by atoms with E-state index >= 15 is 0 Å². The van der Waals surface area contributed by atoms with Gasteiger partial charge in [-0.2, -0.15) is 11.8 Å². The van der Waals surface area contributed by atoms with E-state index in [1.54, 1.807) is 0 Å². The SMILES string of the molecule is CCCC(C)NC(=O)C(C)NC(CC)CSC. The number of amides is 1. The second-order valence-corrected chi connectivity index (χ2v) is 5.56. The third-order valence-electron chi connectivity index (χ3n) is 2.85. The van der Waals surface area contributed by atoms with Crippen molar-refractivity contribution in [3.63, 3.8) is 0 Å². The maximum Gasteiger partial charge on any atom is 0.237 e. The number of hydrogen-bond donors (Lipinski definition) is 2. The Morgan fingerprint density at radius 2 is 1.94 bits per heavy atom. The first-order valence-electron chi connectivity index (χ1n) is 6.60. The van der Waals surface area contributed by atoms with Crippen LogP contribution in [0.4, 0.5) is 0 Å². The van der Waals surface area contributed by atoms with Crippen LogP contribution in [0.3, 0.4) is 0 Å². The van der Waals surface area contributed by atoms with Crippen LogP contribution in [0.5, 0.6) is 0 Å². The van der Waals surface area contributed by atoms with Crippen LogP contribution in [0.2, 0.25) is 0 Å². The molecular formula is C13H28N2OS. The van der Waals surface area contributed by atoms with E-state index in [1.807, 2.05) is 18.7 Å². The number of hydrogen-bond acceptors (Lipinski definition) is 3. The Balaban J connectivity index is 4.02. The quantitative estimate of drug-likeness (QED) is 0.669. The van der Waals surface area contributed by atoms with Gasteiger partial charge in [0.15, 0.2) is 0 Å². The van der Waals surface area contributed by atoms with Crippen LogP contribution in [-0.2, 0) is 4.79 Å². The van der Waals surface area contributed by atoms with Crippen molar-refractivity contribution in [2.75, 3.05) is 12.0 Å². The van der Waals surface area contributed by atoms with Gasteiger partial charge in [0.25, 0.3) is 0 Å². The fourth-order valence-electron chi connectivity index (χ4n) is 1.79. The van der Waals surface area contributed by atoms with Gasteiger partial charge in [0.2, 0.25) is 5.91 Å². The Morgan fingerprint density at radius 1 is 1.29 bits per heavy atom. The van der Waals surface area contributed by atoms with Crippen LogP contribution in [0.1, 0.15) is 47.0 Å². The van der Waals surface area contributed by atoms with Crippen LogP contribution in [0.25, 0.3) is 0 Å². The highest BCUT2D eigenvalue weighted by Gasteiger charge is 2.17. The maximum atomic E-state index is 11.9. The summed E-state index contributed by atoms with van der Waals surface area (Å²) in [6.45, 7) is 8.29. The zero-order chi connectivity index (χ0) is 13.3. The molecule has 0 aromatic rings. The van der Waals surface area contributed by atoms with Gasteiger partial charge in [-0.3, -0.25) is 4.79 Å². The average molecular weight is 260 g/mol.